The maximum absolute atomic E-state index is 4.70. The van der Waals surface area contributed by atoms with Crippen LogP contribution >= 0.6 is 0 Å². The molecule has 0 bridgehead atoms. The first-order valence-corrected chi connectivity index (χ1v) is 6.96. The van der Waals surface area contributed by atoms with Crippen LogP contribution in [0.3, 0.4) is 0 Å². The van der Waals surface area contributed by atoms with Crippen molar-refractivity contribution in [2.75, 3.05) is 6.54 Å². The third-order valence-electron chi connectivity index (χ3n) is 3.99. The molecule has 1 fully saturated rings. The van der Waals surface area contributed by atoms with Crippen molar-refractivity contribution in [2.24, 2.45) is 5.92 Å². The maximum Gasteiger partial charge on any atom is 0.0641 e. The lowest BCUT2D eigenvalue weighted by molar-refractivity contribution is 0.421. The fourth-order valence-corrected chi connectivity index (χ4v) is 2.86. The van der Waals surface area contributed by atoms with Gasteiger partial charge >= 0.3 is 0 Å². The molecule has 0 atom stereocenters. The van der Waals surface area contributed by atoms with Gasteiger partial charge in [0.05, 0.1) is 5.69 Å². The van der Waals surface area contributed by atoms with Crippen LogP contribution < -0.4 is 5.32 Å². The van der Waals surface area contributed by atoms with Crippen molar-refractivity contribution in [3.63, 3.8) is 0 Å². The van der Waals surface area contributed by atoms with E-state index in [1.807, 2.05) is 0 Å². The molecule has 0 aliphatic heterocycles. The van der Waals surface area contributed by atoms with E-state index in [1.165, 1.54) is 42.6 Å². The summed E-state index contributed by atoms with van der Waals surface area (Å²) in [7, 11) is 0. The Kier molecular flexibility index (Phi) is 4.21. The minimum atomic E-state index is 0.861. The molecule has 0 radical (unpaired) electrons. The second-order valence-corrected chi connectivity index (χ2v) is 5.26. The Balaban J connectivity index is 2.06. The second kappa shape index (κ2) is 5.67. The van der Waals surface area contributed by atoms with Crippen LogP contribution in [0.15, 0.2) is 0 Å². The lowest BCUT2D eigenvalue weighted by Gasteiger charge is -2.11. The van der Waals surface area contributed by atoms with Gasteiger partial charge in [0, 0.05) is 24.3 Å². The van der Waals surface area contributed by atoms with E-state index in [2.05, 4.69) is 30.8 Å². The highest BCUT2D eigenvalue weighted by atomic mass is 15.3. The molecule has 2 rings (SSSR count). The molecule has 0 aromatic carbocycles. The average molecular weight is 235 g/mol. The lowest BCUT2D eigenvalue weighted by atomic mass is 10.1. The minimum Gasteiger partial charge on any atom is -0.313 e. The fraction of sp³-hybridized carbons (Fsp3) is 0.786. The minimum absolute atomic E-state index is 0.861. The van der Waals surface area contributed by atoms with Gasteiger partial charge in [-0.15, -0.1) is 0 Å². The van der Waals surface area contributed by atoms with Gasteiger partial charge in [0.2, 0.25) is 0 Å². The van der Waals surface area contributed by atoms with Crippen molar-refractivity contribution >= 4 is 0 Å². The van der Waals surface area contributed by atoms with Crippen molar-refractivity contribution in [2.45, 2.75) is 59.5 Å². The molecule has 0 spiro atoms. The van der Waals surface area contributed by atoms with E-state index in [0.717, 1.165) is 25.6 Å². The predicted octanol–water partition coefficient (Wildman–Crippen LogP) is 2.80. The summed E-state index contributed by atoms with van der Waals surface area (Å²) in [6.07, 6.45) is 5.60. The SMILES string of the molecule is CCNCc1c(C)nn(CC2CCCC2)c1C. The van der Waals surface area contributed by atoms with Crippen LogP contribution in [-0.2, 0) is 13.1 Å². The summed E-state index contributed by atoms with van der Waals surface area (Å²) in [5.41, 5.74) is 3.95. The standard InChI is InChI=1S/C14H25N3/c1-4-15-9-14-11(2)16-17(12(14)3)10-13-7-5-6-8-13/h13,15H,4-10H2,1-3H3. The summed E-state index contributed by atoms with van der Waals surface area (Å²) in [6.45, 7) is 9.59. The van der Waals surface area contributed by atoms with Crippen LogP contribution in [-0.4, -0.2) is 16.3 Å². The van der Waals surface area contributed by atoms with Crippen molar-refractivity contribution in [3.05, 3.63) is 17.0 Å². The molecule has 0 saturated heterocycles. The first kappa shape index (κ1) is 12.6. The summed E-state index contributed by atoms with van der Waals surface area (Å²) < 4.78 is 2.23. The molecule has 1 aliphatic rings. The van der Waals surface area contributed by atoms with Gasteiger partial charge < -0.3 is 5.32 Å². The largest absolute Gasteiger partial charge is 0.313 e. The van der Waals surface area contributed by atoms with Crippen LogP contribution in [0.25, 0.3) is 0 Å². The summed E-state index contributed by atoms with van der Waals surface area (Å²) >= 11 is 0. The van der Waals surface area contributed by atoms with Crippen LogP contribution in [0.1, 0.15) is 49.6 Å². The lowest BCUT2D eigenvalue weighted by Crippen LogP contribution is -2.14. The van der Waals surface area contributed by atoms with E-state index >= 15 is 0 Å². The molecule has 0 unspecified atom stereocenters. The Hall–Kier alpha value is -0.830. The van der Waals surface area contributed by atoms with Crippen molar-refractivity contribution in [1.82, 2.24) is 15.1 Å². The molecule has 0 amide bonds. The van der Waals surface area contributed by atoms with Gasteiger partial charge in [0.25, 0.3) is 0 Å². The maximum atomic E-state index is 4.70. The first-order valence-electron chi connectivity index (χ1n) is 6.96. The monoisotopic (exact) mass is 235 g/mol. The highest BCUT2D eigenvalue weighted by molar-refractivity contribution is 5.24. The van der Waals surface area contributed by atoms with Gasteiger partial charge in [-0.05, 0) is 39.2 Å². The van der Waals surface area contributed by atoms with Crippen molar-refractivity contribution < 1.29 is 0 Å². The van der Waals surface area contributed by atoms with Crippen LogP contribution in [0, 0.1) is 19.8 Å². The Morgan fingerprint density at radius 2 is 2.00 bits per heavy atom. The molecule has 1 aromatic heterocycles. The van der Waals surface area contributed by atoms with E-state index in [4.69, 9.17) is 5.10 Å². The van der Waals surface area contributed by atoms with E-state index < -0.39 is 0 Å². The predicted molar refractivity (Wildman–Crippen MR) is 71.0 cm³/mol. The zero-order valence-corrected chi connectivity index (χ0v) is 11.4. The number of rotatable bonds is 5. The molecule has 96 valence electrons. The number of hydrogen-bond donors (Lipinski definition) is 1. The van der Waals surface area contributed by atoms with Crippen LogP contribution in [0.5, 0.6) is 0 Å². The number of hydrogen-bond acceptors (Lipinski definition) is 2. The van der Waals surface area contributed by atoms with Crippen molar-refractivity contribution in [1.29, 1.82) is 0 Å². The number of aromatic nitrogens is 2. The van der Waals surface area contributed by atoms with E-state index in [9.17, 15) is 0 Å². The molecule has 1 aromatic rings. The highest BCUT2D eigenvalue weighted by Crippen LogP contribution is 2.27. The summed E-state index contributed by atoms with van der Waals surface area (Å²) in [6, 6.07) is 0. The smallest absolute Gasteiger partial charge is 0.0641 e. The number of nitrogens with one attached hydrogen (secondary N) is 1. The molecule has 1 aliphatic carbocycles. The zero-order valence-electron chi connectivity index (χ0n) is 11.4. The Morgan fingerprint density at radius 1 is 1.29 bits per heavy atom. The number of nitrogens with zero attached hydrogens (tertiary/aromatic N) is 2. The van der Waals surface area contributed by atoms with Crippen LogP contribution in [0.4, 0.5) is 0 Å². The fourth-order valence-electron chi connectivity index (χ4n) is 2.86. The molecule has 3 nitrogen and oxygen atoms in total. The Morgan fingerprint density at radius 3 is 2.65 bits per heavy atom. The van der Waals surface area contributed by atoms with Crippen molar-refractivity contribution in [3.8, 4) is 0 Å². The Labute approximate surface area is 105 Å². The first-order chi connectivity index (χ1) is 8.22. The molecular weight excluding hydrogens is 210 g/mol. The summed E-state index contributed by atoms with van der Waals surface area (Å²) in [5.74, 6) is 0.861. The Bertz CT molecular complexity index is 362. The molecule has 1 N–H and O–H groups in total. The topological polar surface area (TPSA) is 29.9 Å². The molecular formula is C14H25N3. The quantitative estimate of drug-likeness (QED) is 0.850. The van der Waals surface area contributed by atoms with Gasteiger partial charge in [0.1, 0.15) is 0 Å². The van der Waals surface area contributed by atoms with Gasteiger partial charge in [-0.25, -0.2) is 0 Å². The zero-order chi connectivity index (χ0) is 12.3. The molecule has 3 heteroatoms. The third-order valence-corrected chi connectivity index (χ3v) is 3.99. The van der Waals surface area contributed by atoms with Crippen LogP contribution in [0.2, 0.25) is 0 Å². The summed E-state index contributed by atoms with van der Waals surface area (Å²) in [4.78, 5) is 0. The second-order valence-electron chi connectivity index (χ2n) is 5.26. The highest BCUT2D eigenvalue weighted by Gasteiger charge is 2.18. The number of aryl methyl sites for hydroxylation is 1. The normalized spacial score (nSPS) is 16.9. The van der Waals surface area contributed by atoms with Gasteiger partial charge in [0.15, 0.2) is 0 Å². The van der Waals surface area contributed by atoms with Gasteiger partial charge in [-0.3, -0.25) is 4.68 Å². The molecule has 1 saturated carbocycles. The van der Waals surface area contributed by atoms with Gasteiger partial charge in [-0.2, -0.15) is 5.10 Å². The average Bonchev–Trinajstić information content (AvgIpc) is 2.89. The molecule has 17 heavy (non-hydrogen) atoms. The van der Waals surface area contributed by atoms with E-state index in [1.54, 1.807) is 0 Å². The summed E-state index contributed by atoms with van der Waals surface area (Å²) in [5, 5.41) is 8.10. The van der Waals surface area contributed by atoms with Gasteiger partial charge in [-0.1, -0.05) is 19.8 Å². The van der Waals surface area contributed by atoms with E-state index in [-0.39, 0.29) is 0 Å². The third kappa shape index (κ3) is 2.89. The van der Waals surface area contributed by atoms with E-state index in [0.29, 0.717) is 0 Å². The molecule has 1 heterocycles.